The summed E-state index contributed by atoms with van der Waals surface area (Å²) >= 11 is 14.2. The normalized spacial score (nSPS) is 11.7. The molecule has 1 heterocycles. The molecule has 0 aliphatic heterocycles. The van der Waals surface area contributed by atoms with Crippen LogP contribution in [0.1, 0.15) is 17.5 Å². The van der Waals surface area contributed by atoms with Crippen LogP contribution in [-0.4, -0.2) is 11.8 Å². The molecule has 1 aromatic carbocycles. The molecule has 0 fully saturated rings. The minimum absolute atomic E-state index is 0.00754. The summed E-state index contributed by atoms with van der Waals surface area (Å²) in [6.07, 6.45) is 3.03. The molecule has 1 aromatic heterocycles. The smallest absolute Gasteiger partial charge is 0.0294 e. The molecule has 0 aliphatic carbocycles. The van der Waals surface area contributed by atoms with Crippen molar-refractivity contribution < 1.29 is 0 Å². The Morgan fingerprint density at radius 1 is 0.947 bits per heavy atom. The summed E-state index contributed by atoms with van der Waals surface area (Å²) < 4.78 is 0. The van der Waals surface area contributed by atoms with E-state index in [2.05, 4.69) is 41.1 Å². The number of alkyl halides is 2. The Labute approximate surface area is 129 Å². The zero-order valence-corrected chi connectivity index (χ0v) is 13.1. The van der Waals surface area contributed by atoms with Crippen LogP contribution in [0.5, 0.6) is 0 Å². The SMILES string of the molecule is ClCC(CCl)(CCc1ccsc1)Cc1ccccc1. The zero-order chi connectivity index (χ0) is 13.6. The van der Waals surface area contributed by atoms with Crippen LogP contribution < -0.4 is 0 Å². The maximum atomic E-state index is 6.23. The predicted octanol–water partition coefficient (Wildman–Crippen LogP) is 5.39. The molecule has 2 aromatic rings. The molecule has 0 N–H and O–H groups in total. The first-order chi connectivity index (χ1) is 9.28. The summed E-state index contributed by atoms with van der Waals surface area (Å²) in [5, 5.41) is 4.32. The van der Waals surface area contributed by atoms with Gasteiger partial charge in [-0.2, -0.15) is 11.3 Å². The van der Waals surface area contributed by atoms with E-state index in [1.54, 1.807) is 11.3 Å². The standard InChI is InChI=1S/C16H18Cl2S/c17-12-16(13-18,8-6-15-7-9-19-11-15)10-14-4-2-1-3-5-14/h1-5,7,9,11H,6,8,10,12-13H2. The van der Waals surface area contributed by atoms with Crippen molar-refractivity contribution in [3.05, 3.63) is 58.3 Å². The first kappa shape index (κ1) is 14.9. The first-order valence-electron chi connectivity index (χ1n) is 6.45. The fraction of sp³-hybridized carbons (Fsp3) is 0.375. The molecule has 0 nitrogen and oxygen atoms in total. The van der Waals surface area contributed by atoms with E-state index in [9.17, 15) is 0 Å². The Balaban J connectivity index is 2.04. The number of rotatable bonds is 7. The summed E-state index contributed by atoms with van der Waals surface area (Å²) in [7, 11) is 0. The van der Waals surface area contributed by atoms with Gasteiger partial charge in [-0.05, 0) is 47.2 Å². The van der Waals surface area contributed by atoms with Crippen molar-refractivity contribution in [1.82, 2.24) is 0 Å². The number of aryl methyl sites for hydroxylation is 1. The van der Waals surface area contributed by atoms with Gasteiger partial charge in [-0.15, -0.1) is 23.2 Å². The van der Waals surface area contributed by atoms with E-state index in [-0.39, 0.29) is 5.41 Å². The molecule has 3 heteroatoms. The van der Waals surface area contributed by atoms with Gasteiger partial charge in [0.1, 0.15) is 0 Å². The average Bonchev–Trinajstić information content (AvgIpc) is 2.98. The van der Waals surface area contributed by atoms with Gasteiger partial charge in [0, 0.05) is 17.2 Å². The summed E-state index contributed by atoms with van der Waals surface area (Å²) in [4.78, 5) is 0. The van der Waals surface area contributed by atoms with Crippen molar-refractivity contribution in [2.75, 3.05) is 11.8 Å². The van der Waals surface area contributed by atoms with E-state index in [4.69, 9.17) is 23.2 Å². The van der Waals surface area contributed by atoms with Crippen molar-refractivity contribution in [3.63, 3.8) is 0 Å². The molecule has 0 spiro atoms. The third kappa shape index (κ3) is 4.24. The van der Waals surface area contributed by atoms with Crippen LogP contribution in [0, 0.1) is 5.41 Å². The van der Waals surface area contributed by atoms with Crippen molar-refractivity contribution in [1.29, 1.82) is 0 Å². The van der Waals surface area contributed by atoms with E-state index in [1.807, 2.05) is 6.07 Å². The second-order valence-corrected chi connectivity index (χ2v) is 6.38. The molecule has 2 rings (SSSR count). The van der Waals surface area contributed by atoms with Crippen LogP contribution in [0.15, 0.2) is 47.2 Å². The quantitative estimate of drug-likeness (QED) is 0.601. The van der Waals surface area contributed by atoms with Gasteiger partial charge in [-0.1, -0.05) is 30.3 Å². The number of halogens is 2. The molecule has 19 heavy (non-hydrogen) atoms. The van der Waals surface area contributed by atoms with Gasteiger partial charge in [-0.3, -0.25) is 0 Å². The molecule has 0 radical (unpaired) electrons. The molecule has 102 valence electrons. The summed E-state index contributed by atoms with van der Waals surface area (Å²) in [5.74, 6) is 1.21. The number of benzene rings is 1. The lowest BCUT2D eigenvalue weighted by Crippen LogP contribution is -2.28. The lowest BCUT2D eigenvalue weighted by Gasteiger charge is -2.29. The van der Waals surface area contributed by atoms with Crippen LogP contribution in [0.3, 0.4) is 0 Å². The molecular weight excluding hydrogens is 295 g/mol. The van der Waals surface area contributed by atoms with Gasteiger partial charge >= 0.3 is 0 Å². The Morgan fingerprint density at radius 3 is 2.26 bits per heavy atom. The molecule has 0 unspecified atom stereocenters. The first-order valence-corrected chi connectivity index (χ1v) is 8.46. The largest absolute Gasteiger partial charge is 0.152 e. The molecule has 0 saturated heterocycles. The van der Waals surface area contributed by atoms with Gasteiger partial charge in [0.15, 0.2) is 0 Å². The summed E-state index contributed by atoms with van der Waals surface area (Å²) in [6.45, 7) is 0. The number of hydrogen-bond donors (Lipinski definition) is 0. The second kappa shape index (κ2) is 7.33. The zero-order valence-electron chi connectivity index (χ0n) is 10.8. The van der Waals surface area contributed by atoms with Crippen LogP contribution in [-0.2, 0) is 12.8 Å². The third-order valence-electron chi connectivity index (χ3n) is 3.51. The van der Waals surface area contributed by atoms with Gasteiger partial charge < -0.3 is 0 Å². The Hall–Kier alpha value is -0.500. The second-order valence-electron chi connectivity index (χ2n) is 5.06. The topological polar surface area (TPSA) is 0 Å². The third-order valence-corrected chi connectivity index (χ3v) is 5.38. The highest BCUT2D eigenvalue weighted by Crippen LogP contribution is 2.32. The highest BCUT2D eigenvalue weighted by Gasteiger charge is 2.28. The van der Waals surface area contributed by atoms with E-state index >= 15 is 0 Å². The summed E-state index contributed by atoms with van der Waals surface area (Å²) in [6, 6.07) is 12.7. The molecular formula is C16H18Cl2S. The molecule has 0 amide bonds. The Bertz CT molecular complexity index is 461. The summed E-state index contributed by atoms with van der Waals surface area (Å²) in [5.41, 5.74) is 2.69. The van der Waals surface area contributed by atoms with Crippen molar-refractivity contribution in [2.24, 2.45) is 5.41 Å². The fourth-order valence-electron chi connectivity index (χ4n) is 2.23. The van der Waals surface area contributed by atoms with Crippen molar-refractivity contribution >= 4 is 34.5 Å². The van der Waals surface area contributed by atoms with Crippen LogP contribution in [0.2, 0.25) is 0 Å². The van der Waals surface area contributed by atoms with E-state index in [0.717, 1.165) is 19.3 Å². The molecule has 0 saturated carbocycles. The minimum Gasteiger partial charge on any atom is -0.152 e. The predicted molar refractivity (Wildman–Crippen MR) is 86.7 cm³/mol. The maximum absolute atomic E-state index is 6.23. The van der Waals surface area contributed by atoms with Crippen molar-refractivity contribution in [3.8, 4) is 0 Å². The van der Waals surface area contributed by atoms with Gasteiger partial charge in [0.2, 0.25) is 0 Å². The molecule has 0 bridgehead atoms. The van der Waals surface area contributed by atoms with Crippen molar-refractivity contribution in [2.45, 2.75) is 19.3 Å². The Morgan fingerprint density at radius 2 is 1.68 bits per heavy atom. The average molecular weight is 313 g/mol. The minimum atomic E-state index is -0.00754. The van der Waals surface area contributed by atoms with Gasteiger partial charge in [-0.25, -0.2) is 0 Å². The van der Waals surface area contributed by atoms with Crippen LogP contribution >= 0.6 is 34.5 Å². The lowest BCUT2D eigenvalue weighted by atomic mass is 9.80. The lowest BCUT2D eigenvalue weighted by molar-refractivity contribution is 0.345. The van der Waals surface area contributed by atoms with E-state index in [0.29, 0.717) is 11.8 Å². The van der Waals surface area contributed by atoms with E-state index < -0.39 is 0 Å². The Kier molecular flexibility index (Phi) is 5.75. The number of thiophene rings is 1. The molecule has 0 aliphatic rings. The monoisotopic (exact) mass is 312 g/mol. The fourth-order valence-corrected chi connectivity index (χ4v) is 3.67. The highest BCUT2D eigenvalue weighted by atomic mass is 35.5. The van der Waals surface area contributed by atoms with Gasteiger partial charge in [0.25, 0.3) is 0 Å². The van der Waals surface area contributed by atoms with E-state index in [1.165, 1.54) is 11.1 Å². The number of hydrogen-bond acceptors (Lipinski definition) is 1. The van der Waals surface area contributed by atoms with Crippen LogP contribution in [0.25, 0.3) is 0 Å². The highest BCUT2D eigenvalue weighted by molar-refractivity contribution is 7.07. The van der Waals surface area contributed by atoms with Crippen LogP contribution in [0.4, 0.5) is 0 Å². The maximum Gasteiger partial charge on any atom is 0.0294 e. The van der Waals surface area contributed by atoms with Gasteiger partial charge in [0.05, 0.1) is 0 Å². The molecule has 0 atom stereocenters.